The first kappa shape index (κ1) is 12.3. The summed E-state index contributed by atoms with van der Waals surface area (Å²) < 4.78 is 0. The number of hydrogen-bond acceptors (Lipinski definition) is 4. The van der Waals surface area contributed by atoms with E-state index >= 15 is 0 Å². The summed E-state index contributed by atoms with van der Waals surface area (Å²) in [6.07, 6.45) is 0.528. The third-order valence-electron chi connectivity index (χ3n) is 2.92. The molecule has 3 nitrogen and oxygen atoms in total. The number of nitrogens with zero attached hydrogens (tertiary/aromatic N) is 2. The van der Waals surface area contributed by atoms with E-state index in [-0.39, 0.29) is 6.10 Å². The average Bonchev–Trinajstić information content (AvgIpc) is 2.76. The summed E-state index contributed by atoms with van der Waals surface area (Å²) in [4.78, 5) is 3.14. The van der Waals surface area contributed by atoms with Crippen LogP contribution in [0.15, 0.2) is 23.1 Å². The van der Waals surface area contributed by atoms with E-state index in [0.717, 1.165) is 34.9 Å². The second kappa shape index (κ2) is 5.44. The molecule has 0 radical (unpaired) electrons. The predicted molar refractivity (Wildman–Crippen MR) is 70.4 cm³/mol. The molecular formula is C13H16N2OS. The lowest BCUT2D eigenvalue weighted by Crippen LogP contribution is -2.22. The van der Waals surface area contributed by atoms with Crippen molar-refractivity contribution in [3.05, 3.63) is 23.8 Å². The molecule has 90 valence electrons. The molecule has 1 fully saturated rings. The SMILES string of the molecule is CCSc1cccc(N2CC[C@H](O)C2)c1C#N. The average molecular weight is 248 g/mol. The number of aliphatic hydroxyl groups is 1. The third-order valence-corrected chi connectivity index (χ3v) is 3.86. The highest BCUT2D eigenvalue weighted by Gasteiger charge is 2.23. The lowest BCUT2D eigenvalue weighted by Gasteiger charge is -2.20. The van der Waals surface area contributed by atoms with Gasteiger partial charge in [-0.2, -0.15) is 5.26 Å². The van der Waals surface area contributed by atoms with Gasteiger partial charge < -0.3 is 10.0 Å². The summed E-state index contributed by atoms with van der Waals surface area (Å²) in [5.41, 5.74) is 1.70. The fourth-order valence-electron chi connectivity index (χ4n) is 2.13. The topological polar surface area (TPSA) is 47.3 Å². The first-order valence-electron chi connectivity index (χ1n) is 5.85. The second-order valence-corrected chi connectivity index (χ2v) is 5.39. The van der Waals surface area contributed by atoms with Crippen LogP contribution in [-0.4, -0.2) is 30.1 Å². The lowest BCUT2D eigenvalue weighted by atomic mass is 10.2. The van der Waals surface area contributed by atoms with Crippen molar-refractivity contribution in [2.24, 2.45) is 0 Å². The zero-order valence-electron chi connectivity index (χ0n) is 9.89. The van der Waals surface area contributed by atoms with Gasteiger partial charge in [0.05, 0.1) is 17.4 Å². The van der Waals surface area contributed by atoms with E-state index in [1.807, 2.05) is 18.2 Å². The number of nitriles is 1. The maximum Gasteiger partial charge on any atom is 0.103 e. The molecule has 4 heteroatoms. The van der Waals surface area contributed by atoms with Crippen molar-refractivity contribution in [1.82, 2.24) is 0 Å². The first-order chi connectivity index (χ1) is 8.26. The molecule has 1 aromatic rings. The summed E-state index contributed by atoms with van der Waals surface area (Å²) in [5.74, 6) is 0.959. The summed E-state index contributed by atoms with van der Waals surface area (Å²) in [5, 5.41) is 18.9. The van der Waals surface area contributed by atoms with Crippen molar-refractivity contribution in [2.45, 2.75) is 24.3 Å². The molecule has 17 heavy (non-hydrogen) atoms. The van der Waals surface area contributed by atoms with E-state index < -0.39 is 0 Å². The van der Waals surface area contributed by atoms with Crippen molar-refractivity contribution in [3.8, 4) is 6.07 Å². The Morgan fingerprint density at radius 1 is 1.59 bits per heavy atom. The normalized spacial score (nSPS) is 19.4. The van der Waals surface area contributed by atoms with Crippen LogP contribution in [0.2, 0.25) is 0 Å². The minimum Gasteiger partial charge on any atom is -0.391 e. The highest BCUT2D eigenvalue weighted by atomic mass is 32.2. The molecule has 1 saturated heterocycles. The van der Waals surface area contributed by atoms with Crippen molar-refractivity contribution in [2.75, 3.05) is 23.7 Å². The lowest BCUT2D eigenvalue weighted by molar-refractivity contribution is 0.198. The number of aliphatic hydroxyl groups excluding tert-OH is 1. The number of anilines is 1. The Hall–Kier alpha value is -1.18. The maximum absolute atomic E-state index is 9.57. The van der Waals surface area contributed by atoms with Gasteiger partial charge in [-0.1, -0.05) is 13.0 Å². The van der Waals surface area contributed by atoms with Crippen LogP contribution in [-0.2, 0) is 0 Å². The van der Waals surface area contributed by atoms with Gasteiger partial charge in [0.1, 0.15) is 6.07 Å². The van der Waals surface area contributed by atoms with Gasteiger partial charge in [-0.25, -0.2) is 0 Å². The van der Waals surface area contributed by atoms with E-state index in [1.165, 1.54) is 0 Å². The minimum atomic E-state index is -0.260. The van der Waals surface area contributed by atoms with E-state index in [4.69, 9.17) is 0 Å². The van der Waals surface area contributed by atoms with E-state index in [1.54, 1.807) is 11.8 Å². The third kappa shape index (κ3) is 2.56. The Labute approximate surface area is 106 Å². The molecule has 0 saturated carbocycles. The molecule has 0 aromatic heterocycles. The van der Waals surface area contributed by atoms with Gasteiger partial charge in [-0.15, -0.1) is 11.8 Å². The Balaban J connectivity index is 2.33. The molecule has 0 aliphatic carbocycles. The highest BCUT2D eigenvalue weighted by molar-refractivity contribution is 7.99. The highest BCUT2D eigenvalue weighted by Crippen LogP contribution is 2.31. The summed E-state index contributed by atoms with van der Waals surface area (Å²) in [6, 6.07) is 8.24. The van der Waals surface area contributed by atoms with Crippen molar-refractivity contribution >= 4 is 17.4 Å². The Kier molecular flexibility index (Phi) is 3.93. The zero-order valence-corrected chi connectivity index (χ0v) is 10.7. The number of thioether (sulfide) groups is 1. The minimum absolute atomic E-state index is 0.260. The van der Waals surface area contributed by atoms with Crippen LogP contribution < -0.4 is 4.90 Å². The fourth-order valence-corrected chi connectivity index (χ4v) is 2.91. The van der Waals surface area contributed by atoms with Gasteiger partial charge in [0.25, 0.3) is 0 Å². The first-order valence-corrected chi connectivity index (χ1v) is 6.83. The Morgan fingerprint density at radius 3 is 3.00 bits per heavy atom. The maximum atomic E-state index is 9.57. The molecule has 1 aliphatic rings. The van der Waals surface area contributed by atoms with Crippen LogP contribution in [0.25, 0.3) is 0 Å². The smallest absolute Gasteiger partial charge is 0.103 e. The Morgan fingerprint density at radius 2 is 2.41 bits per heavy atom. The number of rotatable bonds is 3. The van der Waals surface area contributed by atoms with Crippen LogP contribution in [0, 0.1) is 11.3 Å². The van der Waals surface area contributed by atoms with Gasteiger partial charge in [0, 0.05) is 18.0 Å². The standard InChI is InChI=1S/C13H16N2OS/c1-2-17-13-5-3-4-12(11(13)8-14)15-7-6-10(16)9-15/h3-5,10,16H,2,6-7,9H2,1H3/t10-/m0/s1. The van der Waals surface area contributed by atoms with E-state index in [2.05, 4.69) is 17.9 Å². The summed E-state index contributed by atoms with van der Waals surface area (Å²) in [7, 11) is 0. The van der Waals surface area contributed by atoms with Crippen molar-refractivity contribution in [1.29, 1.82) is 5.26 Å². The van der Waals surface area contributed by atoms with Gasteiger partial charge in [0.2, 0.25) is 0 Å². The molecule has 0 spiro atoms. The molecule has 1 atom stereocenters. The molecule has 0 unspecified atom stereocenters. The second-order valence-electron chi connectivity index (χ2n) is 4.08. The fraction of sp³-hybridized carbons (Fsp3) is 0.462. The van der Waals surface area contributed by atoms with Crippen molar-refractivity contribution < 1.29 is 5.11 Å². The molecule has 0 bridgehead atoms. The van der Waals surface area contributed by atoms with Gasteiger partial charge in [0.15, 0.2) is 0 Å². The molecule has 1 aromatic carbocycles. The molecular weight excluding hydrogens is 232 g/mol. The largest absolute Gasteiger partial charge is 0.391 e. The Bertz CT molecular complexity index is 442. The van der Waals surface area contributed by atoms with Gasteiger partial charge in [-0.05, 0) is 24.3 Å². The molecule has 2 rings (SSSR count). The van der Waals surface area contributed by atoms with Crippen LogP contribution in [0.5, 0.6) is 0 Å². The van der Waals surface area contributed by atoms with Crippen LogP contribution in [0.4, 0.5) is 5.69 Å². The number of hydrogen-bond donors (Lipinski definition) is 1. The van der Waals surface area contributed by atoms with Crippen LogP contribution in [0.1, 0.15) is 18.9 Å². The molecule has 1 N–H and O–H groups in total. The van der Waals surface area contributed by atoms with Gasteiger partial charge in [-0.3, -0.25) is 0 Å². The number of benzene rings is 1. The summed E-state index contributed by atoms with van der Waals surface area (Å²) in [6.45, 7) is 3.54. The van der Waals surface area contributed by atoms with Crippen molar-refractivity contribution in [3.63, 3.8) is 0 Å². The van der Waals surface area contributed by atoms with E-state index in [0.29, 0.717) is 6.54 Å². The van der Waals surface area contributed by atoms with Crippen LogP contribution in [0.3, 0.4) is 0 Å². The molecule has 1 aliphatic heterocycles. The van der Waals surface area contributed by atoms with Crippen LogP contribution >= 0.6 is 11.8 Å². The summed E-state index contributed by atoms with van der Waals surface area (Å²) >= 11 is 1.69. The monoisotopic (exact) mass is 248 g/mol. The predicted octanol–water partition coefficient (Wildman–Crippen LogP) is 2.24. The van der Waals surface area contributed by atoms with Gasteiger partial charge >= 0.3 is 0 Å². The quantitative estimate of drug-likeness (QED) is 0.833. The van der Waals surface area contributed by atoms with E-state index in [9.17, 15) is 10.4 Å². The zero-order chi connectivity index (χ0) is 12.3. The number of β-amino-alcohol motifs (C(OH)–C–C–N with tert-alkyl or cyclic N) is 1. The molecule has 0 amide bonds. The molecule has 1 heterocycles.